The number of nitrogens with one attached hydrogen (secondary N) is 2. The average Bonchev–Trinajstić information content (AvgIpc) is 2.60. The van der Waals surface area contributed by atoms with E-state index < -0.39 is 0 Å². The summed E-state index contributed by atoms with van der Waals surface area (Å²) in [6.07, 6.45) is 1.35. The molecule has 2 amide bonds. The van der Waals surface area contributed by atoms with E-state index in [1.807, 2.05) is 67.6 Å². The van der Waals surface area contributed by atoms with Crippen LogP contribution in [-0.4, -0.2) is 17.7 Å². The smallest absolute Gasteiger partial charge is 0.315 e. The van der Waals surface area contributed by atoms with Crippen molar-refractivity contribution in [2.45, 2.75) is 31.8 Å². The Balaban J connectivity index is 1.97. The fourth-order valence-electron chi connectivity index (χ4n) is 2.52. The Morgan fingerprint density at radius 3 is 2.09 bits per heavy atom. The van der Waals surface area contributed by atoms with Crippen LogP contribution in [0.5, 0.6) is 0 Å². The van der Waals surface area contributed by atoms with E-state index in [4.69, 9.17) is 5.11 Å². The maximum Gasteiger partial charge on any atom is 0.315 e. The molecule has 0 saturated carbocycles. The van der Waals surface area contributed by atoms with E-state index >= 15 is 0 Å². The van der Waals surface area contributed by atoms with E-state index in [0.29, 0.717) is 12.8 Å². The Kier molecular flexibility index (Phi) is 6.63. The minimum absolute atomic E-state index is 0.0644. The van der Waals surface area contributed by atoms with Crippen molar-refractivity contribution in [3.8, 4) is 0 Å². The molecule has 0 aliphatic heterocycles. The van der Waals surface area contributed by atoms with Gasteiger partial charge in [0.1, 0.15) is 0 Å². The van der Waals surface area contributed by atoms with Gasteiger partial charge >= 0.3 is 6.03 Å². The second kappa shape index (κ2) is 8.96. The summed E-state index contributed by atoms with van der Waals surface area (Å²) in [6.45, 7) is 2.08. The van der Waals surface area contributed by atoms with E-state index in [0.717, 1.165) is 11.1 Å². The van der Waals surface area contributed by atoms with E-state index in [2.05, 4.69) is 10.6 Å². The zero-order chi connectivity index (χ0) is 16.5. The van der Waals surface area contributed by atoms with Crippen molar-refractivity contribution in [1.29, 1.82) is 0 Å². The Bertz CT molecular complexity index is 587. The summed E-state index contributed by atoms with van der Waals surface area (Å²) in [6, 6.07) is 19.3. The number of rotatable bonds is 7. The zero-order valence-electron chi connectivity index (χ0n) is 13.4. The number of aliphatic hydroxyl groups is 1. The van der Waals surface area contributed by atoms with E-state index in [9.17, 15) is 4.79 Å². The summed E-state index contributed by atoms with van der Waals surface area (Å²) in [5.41, 5.74) is 2.11. The van der Waals surface area contributed by atoms with Crippen molar-refractivity contribution in [3.63, 3.8) is 0 Å². The molecule has 2 unspecified atom stereocenters. The van der Waals surface area contributed by atoms with Crippen LogP contribution in [0.25, 0.3) is 0 Å². The summed E-state index contributed by atoms with van der Waals surface area (Å²) in [5, 5.41) is 15.0. The Labute approximate surface area is 137 Å². The highest BCUT2D eigenvalue weighted by atomic mass is 16.3. The van der Waals surface area contributed by atoms with Gasteiger partial charge in [0.25, 0.3) is 0 Å². The first kappa shape index (κ1) is 17.0. The molecule has 0 bridgehead atoms. The van der Waals surface area contributed by atoms with Gasteiger partial charge in [0, 0.05) is 6.61 Å². The molecule has 2 rings (SSSR count). The molecule has 0 aliphatic carbocycles. The second-order valence-corrected chi connectivity index (χ2v) is 5.58. The number of hydrogen-bond donors (Lipinski definition) is 3. The molecular formula is C19H24N2O2. The average molecular weight is 312 g/mol. The van der Waals surface area contributed by atoms with Gasteiger partial charge in [0.15, 0.2) is 0 Å². The first-order chi connectivity index (χ1) is 11.2. The van der Waals surface area contributed by atoms with Crippen LogP contribution in [0.15, 0.2) is 60.7 Å². The molecule has 23 heavy (non-hydrogen) atoms. The Morgan fingerprint density at radius 2 is 1.52 bits per heavy atom. The number of hydrogen-bond acceptors (Lipinski definition) is 2. The predicted molar refractivity (Wildman–Crippen MR) is 92.0 cm³/mol. The van der Waals surface area contributed by atoms with Crippen molar-refractivity contribution in [3.05, 3.63) is 71.8 Å². The fourth-order valence-corrected chi connectivity index (χ4v) is 2.52. The summed E-state index contributed by atoms with van der Waals surface area (Å²) < 4.78 is 0. The van der Waals surface area contributed by atoms with Gasteiger partial charge in [-0.25, -0.2) is 4.79 Å². The maximum atomic E-state index is 12.3. The van der Waals surface area contributed by atoms with Gasteiger partial charge in [-0.15, -0.1) is 0 Å². The fraction of sp³-hybridized carbons (Fsp3) is 0.316. The summed E-state index contributed by atoms with van der Waals surface area (Å²) in [7, 11) is 0. The van der Waals surface area contributed by atoms with Crippen LogP contribution in [0, 0.1) is 0 Å². The lowest BCUT2D eigenvalue weighted by molar-refractivity contribution is 0.230. The molecule has 2 aromatic rings. The van der Waals surface area contributed by atoms with Crippen molar-refractivity contribution < 1.29 is 9.90 Å². The number of carbonyl (C=O) groups is 1. The van der Waals surface area contributed by atoms with Crippen LogP contribution < -0.4 is 10.6 Å². The quantitative estimate of drug-likeness (QED) is 0.732. The van der Waals surface area contributed by atoms with Crippen molar-refractivity contribution in [1.82, 2.24) is 10.6 Å². The Morgan fingerprint density at radius 1 is 0.957 bits per heavy atom. The molecule has 2 atom stereocenters. The first-order valence-corrected chi connectivity index (χ1v) is 7.98. The van der Waals surface area contributed by atoms with Crippen LogP contribution in [0.1, 0.15) is 43.0 Å². The first-order valence-electron chi connectivity index (χ1n) is 7.98. The van der Waals surface area contributed by atoms with Crippen LogP contribution in [0.3, 0.4) is 0 Å². The highest BCUT2D eigenvalue weighted by molar-refractivity contribution is 5.75. The lowest BCUT2D eigenvalue weighted by Gasteiger charge is -2.21. The monoisotopic (exact) mass is 312 g/mol. The van der Waals surface area contributed by atoms with Crippen molar-refractivity contribution >= 4 is 6.03 Å². The van der Waals surface area contributed by atoms with Gasteiger partial charge in [-0.2, -0.15) is 0 Å². The van der Waals surface area contributed by atoms with E-state index in [1.54, 1.807) is 0 Å². The largest absolute Gasteiger partial charge is 0.396 e. The van der Waals surface area contributed by atoms with Gasteiger partial charge < -0.3 is 15.7 Å². The third-order valence-electron chi connectivity index (χ3n) is 3.81. The summed E-state index contributed by atoms with van der Waals surface area (Å²) in [5.74, 6) is 0. The number of benzene rings is 2. The zero-order valence-corrected chi connectivity index (χ0v) is 13.4. The van der Waals surface area contributed by atoms with Gasteiger partial charge in [0.05, 0.1) is 12.1 Å². The standard InChI is InChI=1S/C19H24N2O2/c1-15(16-9-4-2-5-10-16)20-19(23)21-18(13-8-14-22)17-11-6-3-7-12-17/h2-7,9-12,15,18,22H,8,13-14H2,1H3,(H2,20,21,23). The highest BCUT2D eigenvalue weighted by Crippen LogP contribution is 2.18. The molecule has 4 nitrogen and oxygen atoms in total. The van der Waals surface area contributed by atoms with Gasteiger partial charge in [-0.05, 0) is 30.9 Å². The molecule has 0 spiro atoms. The maximum absolute atomic E-state index is 12.3. The third-order valence-corrected chi connectivity index (χ3v) is 3.81. The Hall–Kier alpha value is -2.33. The lowest BCUT2D eigenvalue weighted by atomic mass is 10.0. The molecule has 4 heteroatoms. The second-order valence-electron chi connectivity index (χ2n) is 5.58. The van der Waals surface area contributed by atoms with Gasteiger partial charge in [-0.3, -0.25) is 0 Å². The molecule has 0 fully saturated rings. The number of urea groups is 1. The minimum Gasteiger partial charge on any atom is -0.396 e. The molecule has 0 saturated heterocycles. The molecule has 3 N–H and O–H groups in total. The SMILES string of the molecule is CC(NC(=O)NC(CCCO)c1ccccc1)c1ccccc1. The molecule has 0 radical (unpaired) electrons. The molecule has 0 heterocycles. The van der Waals surface area contributed by atoms with Crippen molar-refractivity contribution in [2.75, 3.05) is 6.61 Å². The van der Waals surface area contributed by atoms with Crippen LogP contribution in [0.2, 0.25) is 0 Å². The molecule has 0 aliphatic rings. The minimum atomic E-state index is -0.201. The van der Waals surface area contributed by atoms with Gasteiger partial charge in [-0.1, -0.05) is 60.7 Å². The number of amides is 2. The van der Waals surface area contributed by atoms with Gasteiger partial charge in [0.2, 0.25) is 0 Å². The van der Waals surface area contributed by atoms with Crippen LogP contribution in [0.4, 0.5) is 4.79 Å². The number of aliphatic hydroxyl groups excluding tert-OH is 1. The van der Waals surface area contributed by atoms with Crippen LogP contribution >= 0.6 is 0 Å². The molecular weight excluding hydrogens is 288 g/mol. The summed E-state index contributed by atoms with van der Waals surface area (Å²) >= 11 is 0. The normalized spacial score (nSPS) is 13.1. The topological polar surface area (TPSA) is 61.4 Å². The highest BCUT2D eigenvalue weighted by Gasteiger charge is 2.15. The predicted octanol–water partition coefficient (Wildman–Crippen LogP) is 3.56. The van der Waals surface area contributed by atoms with Crippen molar-refractivity contribution in [2.24, 2.45) is 0 Å². The molecule has 2 aromatic carbocycles. The molecule has 122 valence electrons. The molecule has 0 aromatic heterocycles. The van der Waals surface area contributed by atoms with E-state index in [-0.39, 0.29) is 24.7 Å². The van der Waals surface area contributed by atoms with E-state index in [1.165, 1.54) is 0 Å². The lowest BCUT2D eigenvalue weighted by Crippen LogP contribution is -2.39. The summed E-state index contributed by atoms with van der Waals surface area (Å²) in [4.78, 5) is 12.3. The third kappa shape index (κ3) is 5.42. The van der Waals surface area contributed by atoms with Crippen LogP contribution in [-0.2, 0) is 0 Å². The number of carbonyl (C=O) groups excluding carboxylic acids is 1.